The van der Waals surface area contributed by atoms with Gasteiger partial charge in [-0.15, -0.1) is 0 Å². The number of hydrogen-bond acceptors (Lipinski definition) is 5. The number of aromatic nitrogens is 2. The van der Waals surface area contributed by atoms with Gasteiger partial charge in [-0.3, -0.25) is 9.78 Å². The summed E-state index contributed by atoms with van der Waals surface area (Å²) in [6.07, 6.45) is 9.65. The number of hydrogen-bond donors (Lipinski definition) is 3. The summed E-state index contributed by atoms with van der Waals surface area (Å²) in [7, 11) is 0. The van der Waals surface area contributed by atoms with Crippen molar-refractivity contribution in [2.75, 3.05) is 0 Å². The van der Waals surface area contributed by atoms with Gasteiger partial charge in [0.2, 0.25) is 0 Å². The highest BCUT2D eigenvalue weighted by Gasteiger charge is 2.29. The van der Waals surface area contributed by atoms with E-state index in [1.165, 1.54) is 25.0 Å². The van der Waals surface area contributed by atoms with E-state index in [9.17, 15) is 4.79 Å². The van der Waals surface area contributed by atoms with Gasteiger partial charge in [0.05, 0.1) is 12.2 Å². The molecule has 0 aromatic carbocycles. The van der Waals surface area contributed by atoms with Gasteiger partial charge >= 0.3 is 0 Å². The molecule has 0 spiro atoms. The van der Waals surface area contributed by atoms with Crippen LogP contribution in [0.3, 0.4) is 0 Å². The molecule has 4 N–H and O–H groups in total. The largest absolute Gasteiger partial charge is 0.409 e. The normalized spacial score (nSPS) is 18.5. The molecule has 1 amide bonds. The van der Waals surface area contributed by atoms with Crippen molar-refractivity contribution >= 4 is 11.7 Å². The highest BCUT2D eigenvalue weighted by atomic mass is 16.4. The van der Waals surface area contributed by atoms with Crippen molar-refractivity contribution < 1.29 is 10.0 Å². The summed E-state index contributed by atoms with van der Waals surface area (Å²) >= 11 is 0. The molecule has 0 bridgehead atoms. The summed E-state index contributed by atoms with van der Waals surface area (Å²) < 4.78 is 0. The molecule has 1 saturated carbocycles. The third-order valence-electron chi connectivity index (χ3n) is 3.64. The van der Waals surface area contributed by atoms with Gasteiger partial charge in [0.15, 0.2) is 5.84 Å². The molecule has 1 aromatic heterocycles. The monoisotopic (exact) mass is 277 g/mol. The number of nitrogens with two attached hydrogens (primary N) is 1. The zero-order chi connectivity index (χ0) is 14.4. The van der Waals surface area contributed by atoms with Gasteiger partial charge in [-0.2, -0.15) is 0 Å². The first-order chi connectivity index (χ1) is 9.72. The van der Waals surface area contributed by atoms with Crippen molar-refractivity contribution in [3.63, 3.8) is 0 Å². The predicted molar refractivity (Wildman–Crippen MR) is 73.3 cm³/mol. The second-order valence-corrected chi connectivity index (χ2v) is 4.96. The fourth-order valence-electron chi connectivity index (χ4n) is 2.59. The number of rotatable bonds is 4. The minimum Gasteiger partial charge on any atom is -0.409 e. The fraction of sp³-hybridized carbons (Fsp3) is 0.538. The first kappa shape index (κ1) is 14.2. The number of nitrogens with one attached hydrogen (secondary N) is 1. The highest BCUT2D eigenvalue weighted by molar-refractivity contribution is 5.96. The van der Waals surface area contributed by atoms with Gasteiger partial charge < -0.3 is 16.3 Å². The minimum atomic E-state index is -0.463. The molecule has 1 heterocycles. The Hall–Kier alpha value is -2.18. The maximum Gasteiger partial charge on any atom is 0.272 e. The summed E-state index contributed by atoms with van der Waals surface area (Å²) in [4.78, 5) is 19.9. The van der Waals surface area contributed by atoms with E-state index >= 15 is 0 Å². The quantitative estimate of drug-likeness (QED) is 0.327. The molecule has 0 radical (unpaired) electrons. The number of nitrogens with zero attached hydrogens (tertiary/aromatic N) is 3. The van der Waals surface area contributed by atoms with Crippen molar-refractivity contribution in [2.45, 2.75) is 38.1 Å². The van der Waals surface area contributed by atoms with E-state index in [2.05, 4.69) is 20.4 Å². The van der Waals surface area contributed by atoms with E-state index in [4.69, 9.17) is 10.9 Å². The van der Waals surface area contributed by atoms with Crippen LogP contribution in [-0.4, -0.2) is 33.0 Å². The second-order valence-electron chi connectivity index (χ2n) is 4.96. The number of oxime groups is 1. The molecule has 1 aliphatic rings. The summed E-state index contributed by atoms with van der Waals surface area (Å²) in [6, 6.07) is -0.463. The lowest BCUT2D eigenvalue weighted by Gasteiger charge is -2.29. The Labute approximate surface area is 117 Å². The number of carbonyl (C=O) groups excluding carboxylic acids is 1. The average Bonchev–Trinajstić information content (AvgIpc) is 2.53. The Morgan fingerprint density at radius 2 is 2.15 bits per heavy atom. The molecular weight excluding hydrogens is 258 g/mol. The lowest BCUT2D eigenvalue weighted by molar-refractivity contribution is 0.0925. The van der Waals surface area contributed by atoms with Gasteiger partial charge in [-0.25, -0.2) is 4.98 Å². The van der Waals surface area contributed by atoms with Crippen LogP contribution in [0.4, 0.5) is 0 Å². The van der Waals surface area contributed by atoms with Gasteiger partial charge in [-0.1, -0.05) is 24.4 Å². The zero-order valence-electron chi connectivity index (χ0n) is 11.2. The Bertz CT molecular complexity index is 471. The third-order valence-corrected chi connectivity index (χ3v) is 3.64. The van der Waals surface area contributed by atoms with E-state index in [1.807, 2.05) is 0 Å². The molecule has 0 saturated heterocycles. The van der Waals surface area contributed by atoms with Crippen molar-refractivity contribution in [1.29, 1.82) is 0 Å². The predicted octanol–water partition coefficient (Wildman–Crippen LogP) is 0.902. The molecule has 2 rings (SSSR count). The highest BCUT2D eigenvalue weighted by Crippen LogP contribution is 2.26. The van der Waals surface area contributed by atoms with Crippen LogP contribution < -0.4 is 11.1 Å². The van der Waals surface area contributed by atoms with E-state index in [0.29, 0.717) is 0 Å². The average molecular weight is 277 g/mol. The zero-order valence-corrected chi connectivity index (χ0v) is 11.2. The van der Waals surface area contributed by atoms with Gasteiger partial charge in [0.25, 0.3) is 5.91 Å². The standard InChI is InChI=1S/C13H19N5O2/c14-12(18-20)11(9-4-2-1-3-5-9)17-13(19)10-8-15-6-7-16-10/h6-9,11,20H,1-5H2,(H2,14,18)(H,17,19). The molecule has 20 heavy (non-hydrogen) atoms. The Morgan fingerprint density at radius 3 is 2.75 bits per heavy atom. The van der Waals surface area contributed by atoms with Gasteiger partial charge in [0.1, 0.15) is 5.69 Å². The van der Waals surface area contributed by atoms with E-state index < -0.39 is 6.04 Å². The molecule has 7 nitrogen and oxygen atoms in total. The summed E-state index contributed by atoms with van der Waals surface area (Å²) in [6.45, 7) is 0. The van der Waals surface area contributed by atoms with Gasteiger partial charge in [0, 0.05) is 12.4 Å². The lowest BCUT2D eigenvalue weighted by atomic mass is 9.83. The van der Waals surface area contributed by atoms with Crippen LogP contribution in [0.1, 0.15) is 42.6 Å². The van der Waals surface area contributed by atoms with Crippen LogP contribution >= 0.6 is 0 Å². The first-order valence-electron chi connectivity index (χ1n) is 6.76. The molecule has 0 aliphatic heterocycles. The van der Waals surface area contributed by atoms with E-state index in [1.54, 1.807) is 0 Å². The van der Waals surface area contributed by atoms with Crippen molar-refractivity contribution in [3.8, 4) is 0 Å². The first-order valence-corrected chi connectivity index (χ1v) is 6.76. The third kappa shape index (κ3) is 3.43. The molecule has 1 aromatic rings. The Morgan fingerprint density at radius 1 is 1.40 bits per heavy atom. The Balaban J connectivity index is 2.09. The summed E-state index contributed by atoms with van der Waals surface area (Å²) in [5, 5.41) is 14.8. The topological polar surface area (TPSA) is 113 Å². The number of carbonyl (C=O) groups is 1. The second kappa shape index (κ2) is 6.83. The van der Waals surface area contributed by atoms with Crippen LogP contribution in [-0.2, 0) is 0 Å². The molecule has 108 valence electrons. The van der Waals surface area contributed by atoms with E-state index in [-0.39, 0.29) is 23.4 Å². The maximum atomic E-state index is 12.1. The summed E-state index contributed by atoms with van der Waals surface area (Å²) in [5.41, 5.74) is 5.95. The van der Waals surface area contributed by atoms with Gasteiger partial charge in [-0.05, 0) is 18.8 Å². The molecule has 1 aliphatic carbocycles. The molecule has 1 unspecified atom stereocenters. The van der Waals surface area contributed by atoms with Crippen molar-refractivity contribution in [2.24, 2.45) is 16.8 Å². The number of amides is 1. The fourth-order valence-corrected chi connectivity index (χ4v) is 2.59. The van der Waals surface area contributed by atoms with E-state index in [0.717, 1.165) is 25.7 Å². The van der Waals surface area contributed by atoms with Crippen LogP contribution in [0.5, 0.6) is 0 Å². The van der Waals surface area contributed by atoms with Crippen LogP contribution in [0.2, 0.25) is 0 Å². The van der Waals surface area contributed by atoms with Crippen LogP contribution in [0.25, 0.3) is 0 Å². The SMILES string of the molecule is NC(=NO)C(NC(=O)c1cnccn1)C1CCCCC1. The maximum absolute atomic E-state index is 12.1. The summed E-state index contributed by atoms with van der Waals surface area (Å²) in [5.74, 6) is -0.130. The smallest absolute Gasteiger partial charge is 0.272 e. The van der Waals surface area contributed by atoms with Crippen molar-refractivity contribution in [1.82, 2.24) is 15.3 Å². The molecule has 1 atom stereocenters. The van der Waals surface area contributed by atoms with Crippen molar-refractivity contribution in [3.05, 3.63) is 24.3 Å². The molecule has 7 heteroatoms. The van der Waals surface area contributed by atoms with Crippen LogP contribution in [0.15, 0.2) is 23.7 Å². The molecular formula is C13H19N5O2. The number of amidine groups is 1. The molecule has 1 fully saturated rings. The minimum absolute atomic E-state index is 0.0362. The Kier molecular flexibility index (Phi) is 4.86. The lowest BCUT2D eigenvalue weighted by Crippen LogP contribution is -2.50. The van der Waals surface area contributed by atoms with Crippen LogP contribution in [0, 0.1) is 5.92 Å².